The summed E-state index contributed by atoms with van der Waals surface area (Å²) in [5, 5.41) is 2.53. The molecule has 1 aliphatic rings. The minimum atomic E-state index is -0.971. The number of amides is 1. The molecule has 18 heavy (non-hydrogen) atoms. The normalized spacial score (nSPS) is 19.6. The third kappa shape index (κ3) is 3.50. The van der Waals surface area contributed by atoms with Crippen LogP contribution in [0.2, 0.25) is 0 Å². The molecule has 3 nitrogen and oxygen atoms in total. The second kappa shape index (κ2) is 5.91. The number of hydrogen-bond acceptors (Lipinski definition) is 2. The fraction of sp³-hybridized carbons (Fsp3) is 0.462. The Bertz CT molecular complexity index is 431. The molecule has 1 aromatic carbocycles. The van der Waals surface area contributed by atoms with Crippen LogP contribution in [0.1, 0.15) is 25.7 Å². The van der Waals surface area contributed by atoms with E-state index in [-0.39, 0.29) is 24.1 Å². The van der Waals surface area contributed by atoms with Crippen molar-refractivity contribution >= 4 is 11.6 Å². The molecule has 1 aliphatic heterocycles. The lowest BCUT2D eigenvalue weighted by atomic mass is 10.1. The predicted molar refractivity (Wildman–Crippen MR) is 63.2 cm³/mol. The third-order valence-corrected chi connectivity index (χ3v) is 2.89. The summed E-state index contributed by atoms with van der Waals surface area (Å²) in [6.07, 6.45) is 3.14. The van der Waals surface area contributed by atoms with Crippen molar-refractivity contribution in [1.29, 1.82) is 0 Å². The molecule has 0 bridgehead atoms. The Morgan fingerprint density at radius 1 is 1.33 bits per heavy atom. The van der Waals surface area contributed by atoms with Gasteiger partial charge < -0.3 is 10.1 Å². The highest BCUT2D eigenvalue weighted by molar-refractivity contribution is 5.90. The van der Waals surface area contributed by atoms with Gasteiger partial charge in [-0.05, 0) is 31.4 Å². The van der Waals surface area contributed by atoms with Crippen LogP contribution in [-0.2, 0) is 9.53 Å². The Morgan fingerprint density at radius 2 is 2.17 bits per heavy atom. The van der Waals surface area contributed by atoms with Gasteiger partial charge in [-0.1, -0.05) is 0 Å². The molecule has 5 heteroatoms. The third-order valence-electron chi connectivity index (χ3n) is 2.89. The van der Waals surface area contributed by atoms with Gasteiger partial charge in [-0.25, -0.2) is 8.78 Å². The van der Waals surface area contributed by atoms with E-state index < -0.39 is 11.6 Å². The average Bonchev–Trinajstić information content (AvgIpc) is 2.35. The minimum absolute atomic E-state index is 0.0657. The van der Waals surface area contributed by atoms with Gasteiger partial charge in [-0.15, -0.1) is 0 Å². The SMILES string of the molecule is O=C(CC1CCCCO1)Nc1ccc(F)c(F)c1. The van der Waals surface area contributed by atoms with Gasteiger partial charge in [0.15, 0.2) is 11.6 Å². The highest BCUT2D eigenvalue weighted by Crippen LogP contribution is 2.17. The zero-order valence-corrected chi connectivity index (χ0v) is 9.92. The van der Waals surface area contributed by atoms with Gasteiger partial charge in [0.25, 0.3) is 0 Å². The average molecular weight is 255 g/mol. The van der Waals surface area contributed by atoms with Crippen molar-refractivity contribution < 1.29 is 18.3 Å². The van der Waals surface area contributed by atoms with E-state index in [1.165, 1.54) is 6.07 Å². The first-order valence-electron chi connectivity index (χ1n) is 6.01. The Kier molecular flexibility index (Phi) is 4.25. The molecule has 0 radical (unpaired) electrons. The number of benzene rings is 1. The summed E-state index contributed by atoms with van der Waals surface area (Å²) in [7, 11) is 0. The van der Waals surface area contributed by atoms with Crippen LogP contribution in [0.5, 0.6) is 0 Å². The first kappa shape index (κ1) is 13.0. The molecule has 1 aromatic rings. The van der Waals surface area contributed by atoms with Crippen LogP contribution in [0.15, 0.2) is 18.2 Å². The fourth-order valence-electron chi connectivity index (χ4n) is 1.96. The molecule has 1 fully saturated rings. The van der Waals surface area contributed by atoms with Gasteiger partial charge in [0.05, 0.1) is 12.5 Å². The van der Waals surface area contributed by atoms with Gasteiger partial charge in [0.2, 0.25) is 5.91 Å². The summed E-state index contributed by atoms with van der Waals surface area (Å²) in [5.74, 6) is -2.14. The second-order valence-corrected chi connectivity index (χ2v) is 4.37. The highest BCUT2D eigenvalue weighted by Gasteiger charge is 2.17. The first-order chi connectivity index (χ1) is 8.65. The molecule has 1 heterocycles. The maximum Gasteiger partial charge on any atom is 0.226 e. The van der Waals surface area contributed by atoms with Crippen LogP contribution in [0.25, 0.3) is 0 Å². The summed E-state index contributed by atoms with van der Waals surface area (Å²) in [6, 6.07) is 3.29. The molecule has 1 saturated heterocycles. The van der Waals surface area contributed by atoms with E-state index >= 15 is 0 Å². The number of ether oxygens (including phenoxy) is 1. The number of halogens is 2. The Labute approximate surface area is 104 Å². The summed E-state index contributed by atoms with van der Waals surface area (Å²) in [6.45, 7) is 0.684. The molecule has 0 aliphatic carbocycles. The molecule has 1 unspecified atom stereocenters. The highest BCUT2D eigenvalue weighted by atomic mass is 19.2. The molecular formula is C13H15F2NO2. The maximum atomic E-state index is 12.9. The van der Waals surface area contributed by atoms with Crippen molar-refractivity contribution in [3.63, 3.8) is 0 Å². The molecule has 98 valence electrons. The van der Waals surface area contributed by atoms with Crippen LogP contribution in [0, 0.1) is 11.6 Å². The number of hydrogen-bond donors (Lipinski definition) is 1. The van der Waals surface area contributed by atoms with Crippen molar-refractivity contribution in [3.05, 3.63) is 29.8 Å². The fourth-order valence-corrected chi connectivity index (χ4v) is 1.96. The Balaban J connectivity index is 1.88. The first-order valence-corrected chi connectivity index (χ1v) is 6.01. The number of rotatable bonds is 3. The van der Waals surface area contributed by atoms with Crippen LogP contribution < -0.4 is 5.32 Å². The quantitative estimate of drug-likeness (QED) is 0.901. The monoisotopic (exact) mass is 255 g/mol. The Morgan fingerprint density at radius 3 is 2.83 bits per heavy atom. The predicted octanol–water partition coefficient (Wildman–Crippen LogP) is 2.86. The number of nitrogens with one attached hydrogen (secondary N) is 1. The van der Waals surface area contributed by atoms with E-state index in [1.54, 1.807) is 0 Å². The summed E-state index contributed by atoms with van der Waals surface area (Å²) in [4.78, 5) is 11.7. The Hall–Kier alpha value is -1.49. The number of carbonyl (C=O) groups is 1. The summed E-state index contributed by atoms with van der Waals surface area (Å²) in [5.41, 5.74) is 0.259. The van der Waals surface area contributed by atoms with E-state index in [1.807, 2.05) is 0 Å². The second-order valence-electron chi connectivity index (χ2n) is 4.37. The number of anilines is 1. The number of carbonyl (C=O) groups excluding carboxylic acids is 1. The topological polar surface area (TPSA) is 38.3 Å². The van der Waals surface area contributed by atoms with Crippen molar-refractivity contribution in [2.45, 2.75) is 31.8 Å². The lowest BCUT2D eigenvalue weighted by molar-refractivity contribution is -0.119. The van der Waals surface area contributed by atoms with Crippen LogP contribution in [-0.4, -0.2) is 18.6 Å². The smallest absolute Gasteiger partial charge is 0.226 e. The molecule has 1 atom stereocenters. The minimum Gasteiger partial charge on any atom is -0.378 e. The van der Waals surface area contributed by atoms with Crippen molar-refractivity contribution in [3.8, 4) is 0 Å². The molecule has 1 N–H and O–H groups in total. The molecule has 2 rings (SSSR count). The van der Waals surface area contributed by atoms with Gasteiger partial charge in [-0.2, -0.15) is 0 Å². The molecule has 1 amide bonds. The van der Waals surface area contributed by atoms with E-state index in [9.17, 15) is 13.6 Å². The van der Waals surface area contributed by atoms with E-state index in [4.69, 9.17) is 4.74 Å². The van der Waals surface area contributed by atoms with Gasteiger partial charge >= 0.3 is 0 Å². The lowest BCUT2D eigenvalue weighted by Gasteiger charge is -2.21. The zero-order chi connectivity index (χ0) is 13.0. The maximum absolute atomic E-state index is 12.9. The molecule has 0 aromatic heterocycles. The van der Waals surface area contributed by atoms with Crippen molar-refractivity contribution in [1.82, 2.24) is 0 Å². The summed E-state index contributed by atoms with van der Waals surface area (Å²) < 4.78 is 31.1. The van der Waals surface area contributed by atoms with Crippen molar-refractivity contribution in [2.75, 3.05) is 11.9 Å². The van der Waals surface area contributed by atoms with Gasteiger partial charge in [-0.3, -0.25) is 4.79 Å². The van der Waals surface area contributed by atoms with E-state index in [0.29, 0.717) is 6.61 Å². The van der Waals surface area contributed by atoms with E-state index in [2.05, 4.69) is 5.32 Å². The zero-order valence-electron chi connectivity index (χ0n) is 9.92. The molecule has 0 saturated carbocycles. The van der Waals surface area contributed by atoms with Crippen LogP contribution in [0.3, 0.4) is 0 Å². The molecule has 0 spiro atoms. The van der Waals surface area contributed by atoms with Crippen molar-refractivity contribution in [2.24, 2.45) is 0 Å². The lowest BCUT2D eigenvalue weighted by Crippen LogP contribution is -2.25. The van der Waals surface area contributed by atoms with Crippen LogP contribution >= 0.6 is 0 Å². The standard InChI is InChI=1S/C13H15F2NO2/c14-11-5-4-9(7-12(11)15)16-13(17)8-10-3-1-2-6-18-10/h4-5,7,10H,1-3,6,8H2,(H,16,17). The molecular weight excluding hydrogens is 240 g/mol. The van der Waals surface area contributed by atoms with Gasteiger partial charge in [0, 0.05) is 18.4 Å². The van der Waals surface area contributed by atoms with Crippen LogP contribution in [0.4, 0.5) is 14.5 Å². The van der Waals surface area contributed by atoms with Gasteiger partial charge in [0.1, 0.15) is 0 Å². The largest absolute Gasteiger partial charge is 0.378 e. The van der Waals surface area contributed by atoms with E-state index in [0.717, 1.165) is 31.4 Å². The summed E-state index contributed by atoms with van der Waals surface area (Å²) >= 11 is 0.